The lowest BCUT2D eigenvalue weighted by Gasteiger charge is -2.19. The summed E-state index contributed by atoms with van der Waals surface area (Å²) in [7, 11) is 0. The number of hydrogen-bond acceptors (Lipinski definition) is 4. The van der Waals surface area contributed by atoms with Gasteiger partial charge in [-0.3, -0.25) is 0 Å². The van der Waals surface area contributed by atoms with E-state index in [1.165, 1.54) is 30.8 Å². The van der Waals surface area contributed by atoms with Crippen LogP contribution in [0.25, 0.3) is 0 Å². The van der Waals surface area contributed by atoms with Crippen molar-refractivity contribution in [2.45, 2.75) is 52.0 Å². The van der Waals surface area contributed by atoms with Gasteiger partial charge in [-0.1, -0.05) is 26.7 Å². The van der Waals surface area contributed by atoms with E-state index in [-0.39, 0.29) is 6.04 Å². The highest BCUT2D eigenvalue weighted by Crippen LogP contribution is 2.27. The third kappa shape index (κ3) is 3.69. The van der Waals surface area contributed by atoms with E-state index in [0.717, 1.165) is 25.2 Å². The van der Waals surface area contributed by atoms with Crippen molar-refractivity contribution in [1.29, 1.82) is 0 Å². The Morgan fingerprint density at radius 1 is 1.28 bits per heavy atom. The van der Waals surface area contributed by atoms with Crippen molar-refractivity contribution in [3.05, 3.63) is 11.1 Å². The fourth-order valence-corrected chi connectivity index (χ4v) is 3.43. The van der Waals surface area contributed by atoms with Crippen LogP contribution in [0.5, 0.6) is 0 Å². The van der Waals surface area contributed by atoms with E-state index in [2.05, 4.69) is 24.1 Å². The summed E-state index contributed by atoms with van der Waals surface area (Å²) in [6.07, 6.45) is 6.34. The molecule has 0 spiro atoms. The van der Waals surface area contributed by atoms with Crippen LogP contribution in [-0.4, -0.2) is 18.1 Å². The predicted molar refractivity (Wildman–Crippen MR) is 79.2 cm³/mol. The van der Waals surface area contributed by atoms with Gasteiger partial charge in [0, 0.05) is 24.5 Å². The number of anilines is 1. The SMILES string of the molecule is CC(C)CC(N)c1csc(N2CCCCCC2)n1. The Kier molecular flexibility index (Phi) is 5.01. The van der Waals surface area contributed by atoms with Crippen LogP contribution in [0.4, 0.5) is 5.13 Å². The summed E-state index contributed by atoms with van der Waals surface area (Å²) in [6, 6.07) is 0.0991. The van der Waals surface area contributed by atoms with Crippen molar-refractivity contribution in [3.63, 3.8) is 0 Å². The maximum absolute atomic E-state index is 6.20. The van der Waals surface area contributed by atoms with Gasteiger partial charge < -0.3 is 10.6 Å². The lowest BCUT2D eigenvalue weighted by Crippen LogP contribution is -2.24. The summed E-state index contributed by atoms with van der Waals surface area (Å²) < 4.78 is 0. The van der Waals surface area contributed by atoms with Crippen molar-refractivity contribution in [2.75, 3.05) is 18.0 Å². The van der Waals surface area contributed by atoms with Crippen LogP contribution in [0.15, 0.2) is 5.38 Å². The van der Waals surface area contributed by atoms with Crippen LogP contribution in [0, 0.1) is 5.92 Å². The van der Waals surface area contributed by atoms with Gasteiger partial charge in [-0.2, -0.15) is 0 Å². The van der Waals surface area contributed by atoms with Gasteiger partial charge in [-0.15, -0.1) is 11.3 Å². The Morgan fingerprint density at radius 3 is 2.56 bits per heavy atom. The Bertz CT molecular complexity index is 354. The molecular weight excluding hydrogens is 242 g/mol. The highest BCUT2D eigenvalue weighted by atomic mass is 32.1. The molecule has 2 rings (SSSR count). The average Bonchev–Trinajstić information content (AvgIpc) is 2.65. The molecule has 0 radical (unpaired) electrons. The van der Waals surface area contributed by atoms with Crippen molar-refractivity contribution in [3.8, 4) is 0 Å². The average molecular weight is 267 g/mol. The number of nitrogens with two attached hydrogens (primary N) is 1. The lowest BCUT2D eigenvalue weighted by molar-refractivity contribution is 0.503. The first-order valence-electron chi connectivity index (χ1n) is 7.12. The molecule has 0 aromatic carbocycles. The molecule has 1 aliphatic rings. The molecule has 4 heteroatoms. The fourth-order valence-electron chi connectivity index (χ4n) is 2.48. The number of thiazole rings is 1. The number of hydrogen-bond donors (Lipinski definition) is 1. The normalized spacial score (nSPS) is 19.0. The molecule has 1 aromatic heterocycles. The maximum Gasteiger partial charge on any atom is 0.185 e. The third-order valence-corrected chi connectivity index (χ3v) is 4.41. The molecule has 1 aromatic rings. The van der Waals surface area contributed by atoms with Gasteiger partial charge in [0.2, 0.25) is 0 Å². The third-order valence-electron chi connectivity index (χ3n) is 3.49. The van der Waals surface area contributed by atoms with Gasteiger partial charge in [-0.05, 0) is 25.2 Å². The Balaban J connectivity index is 2.00. The number of rotatable bonds is 4. The first-order chi connectivity index (χ1) is 8.66. The van der Waals surface area contributed by atoms with Gasteiger partial charge in [0.05, 0.1) is 5.69 Å². The van der Waals surface area contributed by atoms with Crippen molar-refractivity contribution < 1.29 is 0 Å². The predicted octanol–water partition coefficient (Wildman–Crippen LogP) is 3.57. The summed E-state index contributed by atoms with van der Waals surface area (Å²) in [4.78, 5) is 7.18. The van der Waals surface area contributed by atoms with E-state index < -0.39 is 0 Å². The topological polar surface area (TPSA) is 42.1 Å². The van der Waals surface area contributed by atoms with Crippen LogP contribution >= 0.6 is 11.3 Å². The second kappa shape index (κ2) is 6.53. The van der Waals surface area contributed by atoms with E-state index in [0.29, 0.717) is 5.92 Å². The molecule has 1 unspecified atom stereocenters. The van der Waals surface area contributed by atoms with E-state index >= 15 is 0 Å². The molecule has 0 saturated carbocycles. The Hall–Kier alpha value is -0.610. The molecule has 1 atom stereocenters. The zero-order chi connectivity index (χ0) is 13.0. The van der Waals surface area contributed by atoms with Gasteiger partial charge in [-0.25, -0.2) is 4.98 Å². The minimum Gasteiger partial charge on any atom is -0.348 e. The van der Waals surface area contributed by atoms with Crippen LogP contribution in [0.2, 0.25) is 0 Å². The fraction of sp³-hybridized carbons (Fsp3) is 0.786. The molecule has 3 nitrogen and oxygen atoms in total. The molecule has 0 amide bonds. The molecule has 1 fully saturated rings. The molecule has 1 saturated heterocycles. The van der Waals surface area contributed by atoms with E-state index in [4.69, 9.17) is 10.7 Å². The summed E-state index contributed by atoms with van der Waals surface area (Å²) in [6.45, 7) is 6.74. The van der Waals surface area contributed by atoms with Gasteiger partial charge in [0.25, 0.3) is 0 Å². The lowest BCUT2D eigenvalue weighted by atomic mass is 10.0. The molecule has 102 valence electrons. The molecule has 0 aliphatic carbocycles. The minimum atomic E-state index is 0.0991. The molecule has 2 heterocycles. The standard InChI is InChI=1S/C14H25N3S/c1-11(2)9-12(15)13-10-18-14(16-13)17-7-5-3-4-6-8-17/h10-12H,3-9,15H2,1-2H3. The van der Waals surface area contributed by atoms with Crippen LogP contribution in [0.3, 0.4) is 0 Å². The van der Waals surface area contributed by atoms with Crippen molar-refractivity contribution in [1.82, 2.24) is 4.98 Å². The van der Waals surface area contributed by atoms with E-state index in [9.17, 15) is 0 Å². The minimum absolute atomic E-state index is 0.0991. The van der Waals surface area contributed by atoms with Gasteiger partial charge in [0.15, 0.2) is 5.13 Å². The molecule has 2 N–H and O–H groups in total. The quantitative estimate of drug-likeness (QED) is 0.907. The summed E-state index contributed by atoms with van der Waals surface area (Å²) in [5.74, 6) is 0.628. The molecule has 1 aliphatic heterocycles. The zero-order valence-corrected chi connectivity index (χ0v) is 12.4. The monoisotopic (exact) mass is 267 g/mol. The van der Waals surface area contributed by atoms with Crippen molar-refractivity contribution in [2.24, 2.45) is 11.7 Å². The van der Waals surface area contributed by atoms with Crippen LogP contribution in [0.1, 0.15) is 57.7 Å². The Labute approximate surface area is 114 Å². The summed E-state index contributed by atoms with van der Waals surface area (Å²) in [5.41, 5.74) is 7.27. The largest absolute Gasteiger partial charge is 0.348 e. The molecular formula is C14H25N3S. The van der Waals surface area contributed by atoms with Gasteiger partial charge >= 0.3 is 0 Å². The highest BCUT2D eigenvalue weighted by molar-refractivity contribution is 7.13. The number of aromatic nitrogens is 1. The summed E-state index contributed by atoms with van der Waals surface area (Å²) >= 11 is 1.76. The zero-order valence-electron chi connectivity index (χ0n) is 11.6. The summed E-state index contributed by atoms with van der Waals surface area (Å²) in [5, 5.41) is 3.32. The number of nitrogens with zero attached hydrogens (tertiary/aromatic N) is 2. The Morgan fingerprint density at radius 2 is 1.94 bits per heavy atom. The maximum atomic E-state index is 6.20. The van der Waals surface area contributed by atoms with Crippen molar-refractivity contribution >= 4 is 16.5 Å². The smallest absolute Gasteiger partial charge is 0.185 e. The van der Waals surface area contributed by atoms with Gasteiger partial charge in [0.1, 0.15) is 0 Å². The van der Waals surface area contributed by atoms with E-state index in [1.54, 1.807) is 11.3 Å². The van der Waals surface area contributed by atoms with Crippen LogP contribution < -0.4 is 10.6 Å². The highest BCUT2D eigenvalue weighted by Gasteiger charge is 2.16. The van der Waals surface area contributed by atoms with Crippen LogP contribution in [-0.2, 0) is 0 Å². The first-order valence-corrected chi connectivity index (χ1v) is 8.00. The molecule has 18 heavy (non-hydrogen) atoms. The van der Waals surface area contributed by atoms with E-state index in [1.807, 2.05) is 0 Å². The second-order valence-corrected chi connectivity index (χ2v) is 6.53. The second-order valence-electron chi connectivity index (χ2n) is 5.69. The first kappa shape index (κ1) is 13.8. The molecule has 0 bridgehead atoms.